The fraction of sp³-hybridized carbons (Fsp3) is 0.360. The van der Waals surface area contributed by atoms with Crippen molar-refractivity contribution in [2.24, 2.45) is 5.92 Å². The lowest BCUT2D eigenvalue weighted by Crippen LogP contribution is -2.40. The second kappa shape index (κ2) is 9.54. The van der Waals surface area contributed by atoms with E-state index in [0.717, 1.165) is 47.3 Å². The number of imidazole rings is 1. The van der Waals surface area contributed by atoms with E-state index in [1.54, 1.807) is 6.26 Å². The molecule has 7 nitrogen and oxygen atoms in total. The van der Waals surface area contributed by atoms with E-state index < -0.39 is 0 Å². The van der Waals surface area contributed by atoms with Crippen LogP contribution < -0.4 is 5.32 Å². The Bertz CT molecular complexity index is 1170. The van der Waals surface area contributed by atoms with Gasteiger partial charge in [0.05, 0.1) is 37.1 Å². The highest BCUT2D eigenvalue weighted by Crippen LogP contribution is 2.23. The summed E-state index contributed by atoms with van der Waals surface area (Å²) in [5, 5.41) is 4.19. The van der Waals surface area contributed by atoms with Crippen molar-refractivity contribution < 1.29 is 13.9 Å². The number of amides is 1. The van der Waals surface area contributed by atoms with Gasteiger partial charge < -0.3 is 19.5 Å². The minimum Gasteiger partial charge on any atom is -0.464 e. The van der Waals surface area contributed by atoms with Crippen LogP contribution in [-0.4, -0.2) is 60.2 Å². The van der Waals surface area contributed by atoms with E-state index in [1.165, 1.54) is 5.56 Å². The van der Waals surface area contributed by atoms with Gasteiger partial charge in [-0.2, -0.15) is 0 Å². The zero-order valence-corrected chi connectivity index (χ0v) is 18.0. The summed E-state index contributed by atoms with van der Waals surface area (Å²) in [6.07, 6.45) is 3.32. The number of para-hydroxylation sites is 2. The maximum Gasteiger partial charge on any atom is 0.234 e. The third-order valence-corrected chi connectivity index (χ3v) is 6.01. The Morgan fingerprint density at radius 1 is 1.19 bits per heavy atom. The molecule has 0 aliphatic carbocycles. The Kier molecular flexibility index (Phi) is 6.18. The molecule has 2 N–H and O–H groups in total. The number of fused-ring (bicyclic) bond motifs is 2. The first kappa shape index (κ1) is 20.7. The van der Waals surface area contributed by atoms with Gasteiger partial charge >= 0.3 is 0 Å². The van der Waals surface area contributed by atoms with Gasteiger partial charge in [-0.15, -0.1) is 0 Å². The third-order valence-electron chi connectivity index (χ3n) is 6.01. The lowest BCUT2D eigenvalue weighted by molar-refractivity contribution is -0.122. The lowest BCUT2D eigenvalue weighted by Gasteiger charge is -2.23. The molecule has 1 amide bonds. The van der Waals surface area contributed by atoms with Crippen molar-refractivity contribution in [3.8, 4) is 0 Å². The number of carbonyl (C=O) groups is 1. The molecule has 3 heterocycles. The molecule has 0 bridgehead atoms. The van der Waals surface area contributed by atoms with E-state index in [0.29, 0.717) is 38.6 Å². The minimum atomic E-state index is 0.0405. The van der Waals surface area contributed by atoms with E-state index in [1.807, 2.05) is 42.5 Å². The van der Waals surface area contributed by atoms with Crippen molar-refractivity contribution in [2.75, 3.05) is 39.4 Å². The summed E-state index contributed by atoms with van der Waals surface area (Å²) >= 11 is 0. The van der Waals surface area contributed by atoms with E-state index in [9.17, 15) is 4.79 Å². The molecule has 166 valence electrons. The molecular weight excluding hydrogens is 404 g/mol. The molecule has 1 aliphatic rings. The third kappa shape index (κ3) is 4.84. The van der Waals surface area contributed by atoms with E-state index in [4.69, 9.17) is 9.15 Å². The zero-order chi connectivity index (χ0) is 21.8. The number of rotatable bonds is 7. The highest BCUT2D eigenvalue weighted by molar-refractivity contribution is 5.81. The van der Waals surface area contributed by atoms with Crippen molar-refractivity contribution in [3.05, 3.63) is 66.2 Å². The Morgan fingerprint density at radius 3 is 3.06 bits per heavy atom. The van der Waals surface area contributed by atoms with Crippen LogP contribution in [0.2, 0.25) is 0 Å². The van der Waals surface area contributed by atoms with Crippen LogP contribution in [0.25, 0.3) is 22.0 Å². The Hall–Kier alpha value is -3.16. The summed E-state index contributed by atoms with van der Waals surface area (Å²) < 4.78 is 11.4. The summed E-state index contributed by atoms with van der Waals surface area (Å²) in [5.74, 6) is 1.27. The quantitative estimate of drug-likeness (QED) is 0.469. The second-order valence-electron chi connectivity index (χ2n) is 8.43. The Labute approximate surface area is 186 Å². The average molecular weight is 433 g/mol. The van der Waals surface area contributed by atoms with Crippen LogP contribution in [0.15, 0.2) is 59.2 Å². The molecular formula is C25H28N4O3. The maximum absolute atomic E-state index is 12.6. The number of benzene rings is 2. The van der Waals surface area contributed by atoms with Gasteiger partial charge in [0, 0.05) is 31.4 Å². The molecule has 1 unspecified atom stereocenters. The van der Waals surface area contributed by atoms with Gasteiger partial charge in [0.1, 0.15) is 11.4 Å². The molecule has 5 rings (SSSR count). The summed E-state index contributed by atoms with van der Waals surface area (Å²) in [7, 11) is 0. The molecule has 1 saturated heterocycles. The molecule has 32 heavy (non-hydrogen) atoms. The number of aromatic amines is 1. The highest BCUT2D eigenvalue weighted by Gasteiger charge is 2.21. The minimum absolute atomic E-state index is 0.0405. The number of hydrogen-bond acceptors (Lipinski definition) is 5. The molecule has 1 fully saturated rings. The molecule has 4 aromatic rings. The van der Waals surface area contributed by atoms with Gasteiger partial charge in [-0.05, 0) is 42.2 Å². The van der Waals surface area contributed by atoms with Crippen molar-refractivity contribution in [3.63, 3.8) is 0 Å². The molecule has 1 aliphatic heterocycles. The van der Waals surface area contributed by atoms with Crippen molar-refractivity contribution in [1.29, 1.82) is 0 Å². The molecule has 2 aromatic carbocycles. The lowest BCUT2D eigenvalue weighted by atomic mass is 9.97. The predicted octanol–water partition coefficient (Wildman–Crippen LogP) is 3.16. The molecule has 0 spiro atoms. The van der Waals surface area contributed by atoms with Crippen LogP contribution in [0.4, 0.5) is 0 Å². The normalized spacial score (nSPS) is 17.6. The summed E-state index contributed by atoms with van der Waals surface area (Å²) in [5.41, 5.74) is 4.16. The molecule has 2 aromatic heterocycles. The summed E-state index contributed by atoms with van der Waals surface area (Å²) in [6.45, 7) is 3.91. The van der Waals surface area contributed by atoms with E-state index in [2.05, 4.69) is 26.3 Å². The van der Waals surface area contributed by atoms with E-state index >= 15 is 0 Å². The van der Waals surface area contributed by atoms with Gasteiger partial charge in [0.15, 0.2) is 0 Å². The van der Waals surface area contributed by atoms with Crippen molar-refractivity contribution >= 4 is 27.9 Å². The maximum atomic E-state index is 12.6. The topological polar surface area (TPSA) is 83.4 Å². The Balaban J connectivity index is 1.13. The van der Waals surface area contributed by atoms with Gasteiger partial charge in [-0.25, -0.2) is 4.98 Å². The second-order valence-corrected chi connectivity index (χ2v) is 8.43. The number of nitrogens with zero attached hydrogens (tertiary/aromatic N) is 2. The molecule has 0 radical (unpaired) electrons. The standard InChI is InChI=1S/C25H28N4O3/c30-25(26-10-8-24-27-21-5-1-2-6-22(21)28-24)16-29-11-13-31-17-18(15-29)14-19-4-3-7-23-20(19)9-12-32-23/h1-7,9,12,18H,8,10-11,13-17H2,(H,26,30)(H,27,28). The Morgan fingerprint density at radius 2 is 2.12 bits per heavy atom. The van der Waals surface area contributed by atoms with Crippen LogP contribution in [0.5, 0.6) is 0 Å². The van der Waals surface area contributed by atoms with Gasteiger partial charge in [-0.3, -0.25) is 9.69 Å². The summed E-state index contributed by atoms with van der Waals surface area (Å²) in [4.78, 5) is 22.6. The fourth-order valence-electron chi connectivity index (χ4n) is 4.47. The fourth-order valence-corrected chi connectivity index (χ4v) is 4.47. The molecule has 0 saturated carbocycles. The highest BCUT2D eigenvalue weighted by atomic mass is 16.5. The number of H-pyrrole nitrogens is 1. The van der Waals surface area contributed by atoms with Crippen LogP contribution in [-0.2, 0) is 22.4 Å². The van der Waals surface area contributed by atoms with Crippen molar-refractivity contribution in [1.82, 2.24) is 20.2 Å². The van der Waals surface area contributed by atoms with Crippen LogP contribution in [0.3, 0.4) is 0 Å². The van der Waals surface area contributed by atoms with Gasteiger partial charge in [0.25, 0.3) is 0 Å². The smallest absolute Gasteiger partial charge is 0.234 e. The number of nitrogens with one attached hydrogen (secondary N) is 2. The predicted molar refractivity (Wildman–Crippen MR) is 123 cm³/mol. The first-order valence-corrected chi connectivity index (χ1v) is 11.2. The van der Waals surface area contributed by atoms with Crippen LogP contribution in [0.1, 0.15) is 11.4 Å². The van der Waals surface area contributed by atoms with Gasteiger partial charge in [-0.1, -0.05) is 24.3 Å². The molecule has 1 atom stereocenters. The molecule has 7 heteroatoms. The van der Waals surface area contributed by atoms with Crippen molar-refractivity contribution in [2.45, 2.75) is 12.8 Å². The number of hydrogen-bond donors (Lipinski definition) is 2. The van der Waals surface area contributed by atoms with Gasteiger partial charge in [0.2, 0.25) is 5.91 Å². The van der Waals surface area contributed by atoms with E-state index in [-0.39, 0.29) is 5.91 Å². The van der Waals surface area contributed by atoms with Crippen LogP contribution in [0, 0.1) is 5.92 Å². The number of ether oxygens (including phenoxy) is 1. The number of carbonyl (C=O) groups excluding carboxylic acids is 1. The first-order chi connectivity index (χ1) is 15.7. The SMILES string of the molecule is O=C(CN1CCOCC(Cc2cccc3occc23)C1)NCCc1nc2ccccc2[nH]1. The number of aromatic nitrogens is 2. The van der Waals surface area contributed by atoms with Crippen LogP contribution >= 0.6 is 0 Å². The first-order valence-electron chi connectivity index (χ1n) is 11.2. The average Bonchev–Trinajstić information content (AvgIpc) is 3.38. The largest absolute Gasteiger partial charge is 0.464 e. The monoisotopic (exact) mass is 432 g/mol. The summed E-state index contributed by atoms with van der Waals surface area (Å²) in [6, 6.07) is 16.2. The number of furan rings is 1. The zero-order valence-electron chi connectivity index (χ0n) is 18.0.